The molecule has 5 heteroatoms. The molecule has 0 atom stereocenters. The Labute approximate surface area is 112 Å². The van der Waals surface area contributed by atoms with Gasteiger partial charge >= 0.3 is 5.97 Å². The van der Waals surface area contributed by atoms with Gasteiger partial charge in [-0.3, -0.25) is 4.79 Å². The highest BCUT2D eigenvalue weighted by atomic mass is 79.9. The van der Waals surface area contributed by atoms with E-state index in [9.17, 15) is 4.79 Å². The second kappa shape index (κ2) is 6.25. The Kier molecular flexibility index (Phi) is 5.28. The predicted molar refractivity (Wildman–Crippen MR) is 71.2 cm³/mol. The molecule has 0 amide bonds. The third kappa shape index (κ3) is 3.79. The number of nitrogens with two attached hydrogens (primary N) is 1. The van der Waals surface area contributed by atoms with Gasteiger partial charge in [-0.05, 0) is 62.9 Å². The molecule has 0 radical (unpaired) electrons. The fourth-order valence-electron chi connectivity index (χ4n) is 1.26. The molecule has 1 aromatic rings. The minimum absolute atomic E-state index is 0.174. The summed E-state index contributed by atoms with van der Waals surface area (Å²) < 4.78 is 6.53. The molecule has 0 saturated carbocycles. The highest BCUT2D eigenvalue weighted by Gasteiger charge is 2.07. The number of aryl methyl sites for hydroxylation is 1. The number of benzene rings is 1. The smallest absolute Gasteiger partial charge is 0.306 e. The van der Waals surface area contributed by atoms with E-state index in [0.717, 1.165) is 14.5 Å². The second-order valence-electron chi connectivity index (χ2n) is 3.28. The summed E-state index contributed by atoms with van der Waals surface area (Å²) in [6, 6.07) is 3.83. The van der Waals surface area contributed by atoms with Crippen LogP contribution in [0.4, 0.5) is 5.69 Å². The number of rotatable bonds is 4. The van der Waals surface area contributed by atoms with Gasteiger partial charge in [0.05, 0.1) is 12.3 Å². The molecule has 88 valence electrons. The van der Waals surface area contributed by atoms with Crippen molar-refractivity contribution in [3.63, 3.8) is 0 Å². The van der Waals surface area contributed by atoms with Crippen molar-refractivity contribution < 1.29 is 9.53 Å². The lowest BCUT2D eigenvalue weighted by Crippen LogP contribution is -2.05. The molecule has 0 saturated heterocycles. The van der Waals surface area contributed by atoms with Gasteiger partial charge in [0.1, 0.15) is 0 Å². The van der Waals surface area contributed by atoms with Gasteiger partial charge in [-0.15, -0.1) is 0 Å². The Hall–Kier alpha value is -0.550. The van der Waals surface area contributed by atoms with E-state index in [-0.39, 0.29) is 5.97 Å². The standard InChI is InChI=1S/C11H13Br2NO2/c1-2-16-10(15)4-3-7-5-8(12)11(14)9(13)6-7/h5-6H,2-4,14H2,1H3. The summed E-state index contributed by atoms with van der Waals surface area (Å²) in [6.07, 6.45) is 1.03. The zero-order valence-corrected chi connectivity index (χ0v) is 12.1. The molecule has 0 aliphatic rings. The minimum atomic E-state index is -0.174. The van der Waals surface area contributed by atoms with Crippen LogP contribution in [-0.4, -0.2) is 12.6 Å². The van der Waals surface area contributed by atoms with Crippen molar-refractivity contribution in [1.82, 2.24) is 0 Å². The SMILES string of the molecule is CCOC(=O)CCc1cc(Br)c(N)c(Br)c1. The number of ether oxygens (including phenoxy) is 1. The molecule has 1 rings (SSSR count). The van der Waals surface area contributed by atoms with Crippen LogP contribution >= 0.6 is 31.9 Å². The van der Waals surface area contributed by atoms with Crippen molar-refractivity contribution in [1.29, 1.82) is 0 Å². The molecule has 0 spiro atoms. The van der Waals surface area contributed by atoms with Gasteiger partial charge in [0.25, 0.3) is 0 Å². The summed E-state index contributed by atoms with van der Waals surface area (Å²) in [5.74, 6) is -0.174. The summed E-state index contributed by atoms with van der Waals surface area (Å²) in [6.45, 7) is 2.22. The van der Waals surface area contributed by atoms with Crippen molar-refractivity contribution >= 4 is 43.5 Å². The molecule has 0 heterocycles. The van der Waals surface area contributed by atoms with E-state index >= 15 is 0 Å². The van der Waals surface area contributed by atoms with Gasteiger partial charge in [0.15, 0.2) is 0 Å². The number of hydrogen-bond donors (Lipinski definition) is 1. The average molecular weight is 351 g/mol. The summed E-state index contributed by atoms with van der Waals surface area (Å²) in [7, 11) is 0. The Morgan fingerprint density at radius 1 is 1.38 bits per heavy atom. The van der Waals surface area contributed by atoms with Crippen molar-refractivity contribution in [3.05, 3.63) is 26.6 Å². The van der Waals surface area contributed by atoms with Crippen molar-refractivity contribution in [2.45, 2.75) is 19.8 Å². The van der Waals surface area contributed by atoms with Gasteiger partial charge in [-0.1, -0.05) is 0 Å². The Morgan fingerprint density at radius 3 is 2.44 bits per heavy atom. The summed E-state index contributed by atoms with van der Waals surface area (Å²) in [4.78, 5) is 11.2. The van der Waals surface area contributed by atoms with Crippen molar-refractivity contribution in [2.75, 3.05) is 12.3 Å². The molecule has 0 unspecified atom stereocenters. The molecular formula is C11H13Br2NO2. The highest BCUT2D eigenvalue weighted by molar-refractivity contribution is 9.11. The maximum atomic E-state index is 11.2. The van der Waals surface area contributed by atoms with E-state index in [0.29, 0.717) is 25.1 Å². The molecule has 0 aromatic heterocycles. The summed E-state index contributed by atoms with van der Waals surface area (Å²) in [5, 5.41) is 0. The first kappa shape index (κ1) is 13.5. The number of halogens is 2. The minimum Gasteiger partial charge on any atom is -0.466 e. The zero-order valence-electron chi connectivity index (χ0n) is 8.93. The van der Waals surface area contributed by atoms with Gasteiger partial charge in [0, 0.05) is 15.4 Å². The largest absolute Gasteiger partial charge is 0.466 e. The van der Waals surface area contributed by atoms with E-state index in [2.05, 4.69) is 31.9 Å². The molecule has 0 fully saturated rings. The van der Waals surface area contributed by atoms with Crippen LogP contribution in [0.25, 0.3) is 0 Å². The molecular weight excluding hydrogens is 338 g/mol. The first-order valence-corrected chi connectivity index (χ1v) is 6.52. The summed E-state index contributed by atoms with van der Waals surface area (Å²) in [5.41, 5.74) is 7.48. The topological polar surface area (TPSA) is 52.3 Å². The molecule has 16 heavy (non-hydrogen) atoms. The van der Waals surface area contributed by atoms with E-state index in [4.69, 9.17) is 10.5 Å². The Balaban J connectivity index is 2.65. The van der Waals surface area contributed by atoms with Crippen molar-refractivity contribution in [2.24, 2.45) is 0 Å². The molecule has 0 aliphatic carbocycles. The molecule has 2 N–H and O–H groups in total. The quantitative estimate of drug-likeness (QED) is 0.669. The monoisotopic (exact) mass is 349 g/mol. The lowest BCUT2D eigenvalue weighted by Gasteiger charge is -2.06. The van der Waals surface area contributed by atoms with Gasteiger partial charge in [-0.2, -0.15) is 0 Å². The van der Waals surface area contributed by atoms with Crippen LogP contribution in [0.3, 0.4) is 0 Å². The number of hydrogen-bond acceptors (Lipinski definition) is 3. The van der Waals surface area contributed by atoms with Crippen LogP contribution in [0.15, 0.2) is 21.1 Å². The molecule has 1 aromatic carbocycles. The van der Waals surface area contributed by atoms with Crippen LogP contribution < -0.4 is 5.73 Å². The first-order chi connectivity index (χ1) is 7.54. The predicted octanol–water partition coefficient (Wildman–Crippen LogP) is 3.29. The maximum Gasteiger partial charge on any atom is 0.306 e. The lowest BCUT2D eigenvalue weighted by molar-refractivity contribution is -0.143. The van der Waals surface area contributed by atoms with Crippen LogP contribution in [0.2, 0.25) is 0 Å². The zero-order chi connectivity index (χ0) is 12.1. The van der Waals surface area contributed by atoms with Crippen LogP contribution in [0.1, 0.15) is 18.9 Å². The van der Waals surface area contributed by atoms with Crippen LogP contribution in [0, 0.1) is 0 Å². The normalized spacial score (nSPS) is 10.2. The fraction of sp³-hybridized carbons (Fsp3) is 0.364. The van der Waals surface area contributed by atoms with Gasteiger partial charge in [-0.25, -0.2) is 0 Å². The third-order valence-electron chi connectivity index (χ3n) is 2.06. The van der Waals surface area contributed by atoms with Crippen LogP contribution in [-0.2, 0) is 16.0 Å². The highest BCUT2D eigenvalue weighted by Crippen LogP contribution is 2.29. The first-order valence-electron chi connectivity index (χ1n) is 4.93. The van der Waals surface area contributed by atoms with E-state index in [1.54, 1.807) is 6.92 Å². The number of carbonyl (C=O) groups excluding carboxylic acids is 1. The Bertz CT molecular complexity index is 371. The third-order valence-corrected chi connectivity index (χ3v) is 3.37. The second-order valence-corrected chi connectivity index (χ2v) is 4.99. The maximum absolute atomic E-state index is 11.2. The van der Waals surface area contributed by atoms with Gasteiger partial charge < -0.3 is 10.5 Å². The average Bonchev–Trinajstić information content (AvgIpc) is 2.23. The number of esters is 1. The van der Waals surface area contributed by atoms with Gasteiger partial charge in [0.2, 0.25) is 0 Å². The van der Waals surface area contributed by atoms with E-state index in [1.165, 1.54) is 0 Å². The molecule has 0 aliphatic heterocycles. The Morgan fingerprint density at radius 2 is 1.94 bits per heavy atom. The number of carbonyl (C=O) groups is 1. The molecule has 3 nitrogen and oxygen atoms in total. The molecule has 0 bridgehead atoms. The fourth-order valence-corrected chi connectivity index (χ4v) is 2.54. The van der Waals surface area contributed by atoms with Crippen LogP contribution in [0.5, 0.6) is 0 Å². The number of anilines is 1. The van der Waals surface area contributed by atoms with E-state index in [1.807, 2.05) is 12.1 Å². The van der Waals surface area contributed by atoms with E-state index < -0.39 is 0 Å². The lowest BCUT2D eigenvalue weighted by atomic mass is 10.1. The summed E-state index contributed by atoms with van der Waals surface area (Å²) >= 11 is 6.73. The number of nitrogen functional groups attached to an aromatic ring is 1. The van der Waals surface area contributed by atoms with Crippen molar-refractivity contribution in [3.8, 4) is 0 Å².